The van der Waals surface area contributed by atoms with Crippen LogP contribution < -0.4 is 0 Å². The maximum absolute atomic E-state index is 12.4. The largest absolute Gasteiger partial charge is 0.341 e. The van der Waals surface area contributed by atoms with Gasteiger partial charge in [0.1, 0.15) is 0 Å². The summed E-state index contributed by atoms with van der Waals surface area (Å²) in [5.74, 6) is 0.0863. The Kier molecular flexibility index (Phi) is 4.75. The first-order chi connectivity index (χ1) is 11.6. The van der Waals surface area contributed by atoms with E-state index >= 15 is 0 Å². The molecule has 122 valence electrons. The topological polar surface area (TPSA) is 38.1 Å². The number of para-hydroxylation sites is 1. The molecule has 0 aliphatic carbocycles. The lowest BCUT2D eigenvalue weighted by Gasteiger charge is -2.17. The quantitative estimate of drug-likeness (QED) is 0.723. The zero-order valence-electron chi connectivity index (χ0n) is 14.0. The van der Waals surface area contributed by atoms with Crippen LogP contribution in [0, 0.1) is 6.92 Å². The predicted molar refractivity (Wildman–Crippen MR) is 94.9 cm³/mol. The van der Waals surface area contributed by atoms with Crippen LogP contribution >= 0.6 is 0 Å². The molecule has 0 fully saturated rings. The summed E-state index contributed by atoms with van der Waals surface area (Å²) in [5, 5.41) is 4.34. The monoisotopic (exact) mass is 319 g/mol. The molecule has 0 bridgehead atoms. The minimum atomic E-state index is 0.0863. The number of hydrogen-bond acceptors (Lipinski definition) is 2. The molecule has 3 aromatic rings. The Hall–Kier alpha value is -2.88. The van der Waals surface area contributed by atoms with Gasteiger partial charge in [0.15, 0.2) is 0 Å². The average Bonchev–Trinajstić information content (AvgIpc) is 3.06. The molecule has 0 atom stereocenters. The maximum Gasteiger partial charge on any atom is 0.227 e. The highest BCUT2D eigenvalue weighted by Crippen LogP contribution is 2.10. The lowest BCUT2D eigenvalue weighted by Crippen LogP contribution is -2.27. The first kappa shape index (κ1) is 16.0. The third-order valence-corrected chi connectivity index (χ3v) is 3.98. The molecule has 1 amide bonds. The SMILES string of the molecule is Cc1ccc(CN(C)C(=O)Cc2cnn(-c3ccccc3)c2)cc1. The van der Waals surface area contributed by atoms with Gasteiger partial charge in [-0.3, -0.25) is 4.79 Å². The number of carbonyl (C=O) groups is 1. The summed E-state index contributed by atoms with van der Waals surface area (Å²) in [6.45, 7) is 2.68. The van der Waals surface area contributed by atoms with Crippen LogP contribution in [0.4, 0.5) is 0 Å². The van der Waals surface area contributed by atoms with E-state index in [0.717, 1.165) is 16.8 Å². The molecule has 0 aliphatic rings. The minimum absolute atomic E-state index is 0.0863. The predicted octanol–water partition coefficient (Wildman–Crippen LogP) is 3.38. The van der Waals surface area contributed by atoms with Crippen LogP contribution in [0.3, 0.4) is 0 Å². The van der Waals surface area contributed by atoms with E-state index in [1.54, 1.807) is 15.8 Å². The van der Waals surface area contributed by atoms with Crippen molar-refractivity contribution in [2.24, 2.45) is 0 Å². The van der Waals surface area contributed by atoms with E-state index in [1.807, 2.05) is 43.6 Å². The zero-order valence-corrected chi connectivity index (χ0v) is 14.0. The van der Waals surface area contributed by atoms with E-state index < -0.39 is 0 Å². The van der Waals surface area contributed by atoms with Gasteiger partial charge in [0.2, 0.25) is 5.91 Å². The number of benzene rings is 2. The highest BCUT2D eigenvalue weighted by molar-refractivity contribution is 5.78. The smallest absolute Gasteiger partial charge is 0.227 e. The third kappa shape index (κ3) is 3.90. The van der Waals surface area contributed by atoms with Crippen molar-refractivity contribution in [1.82, 2.24) is 14.7 Å². The van der Waals surface area contributed by atoms with Crippen LogP contribution in [0.1, 0.15) is 16.7 Å². The third-order valence-electron chi connectivity index (χ3n) is 3.98. The molecule has 0 saturated heterocycles. The maximum atomic E-state index is 12.4. The molecule has 0 aliphatic heterocycles. The number of aryl methyl sites for hydroxylation is 1. The molecule has 4 nitrogen and oxygen atoms in total. The molecule has 2 aromatic carbocycles. The van der Waals surface area contributed by atoms with Crippen molar-refractivity contribution in [3.63, 3.8) is 0 Å². The van der Waals surface area contributed by atoms with Crippen LogP contribution in [-0.2, 0) is 17.8 Å². The number of amides is 1. The second kappa shape index (κ2) is 7.13. The summed E-state index contributed by atoms with van der Waals surface area (Å²) in [6.07, 6.45) is 4.02. The van der Waals surface area contributed by atoms with Gasteiger partial charge in [-0.05, 0) is 30.2 Å². The highest BCUT2D eigenvalue weighted by atomic mass is 16.2. The lowest BCUT2D eigenvalue weighted by atomic mass is 10.1. The van der Waals surface area contributed by atoms with E-state index in [0.29, 0.717) is 13.0 Å². The normalized spacial score (nSPS) is 10.6. The molecular weight excluding hydrogens is 298 g/mol. The van der Waals surface area contributed by atoms with Crippen molar-refractivity contribution in [2.75, 3.05) is 7.05 Å². The summed E-state index contributed by atoms with van der Waals surface area (Å²) in [4.78, 5) is 14.2. The van der Waals surface area contributed by atoms with Crippen LogP contribution in [0.2, 0.25) is 0 Å². The van der Waals surface area contributed by atoms with E-state index in [4.69, 9.17) is 0 Å². The van der Waals surface area contributed by atoms with Crippen LogP contribution in [0.25, 0.3) is 5.69 Å². The summed E-state index contributed by atoms with van der Waals surface area (Å²) >= 11 is 0. The van der Waals surface area contributed by atoms with Crippen LogP contribution in [0.15, 0.2) is 67.0 Å². The van der Waals surface area contributed by atoms with Gasteiger partial charge in [0, 0.05) is 19.8 Å². The molecule has 4 heteroatoms. The Morgan fingerprint density at radius 2 is 1.75 bits per heavy atom. The fourth-order valence-electron chi connectivity index (χ4n) is 2.54. The summed E-state index contributed by atoms with van der Waals surface area (Å²) in [5.41, 5.74) is 4.27. The van der Waals surface area contributed by atoms with E-state index in [-0.39, 0.29) is 5.91 Å². The summed E-state index contributed by atoms with van der Waals surface area (Å²) in [6, 6.07) is 18.1. The number of rotatable bonds is 5. The van der Waals surface area contributed by atoms with Gasteiger partial charge in [0.25, 0.3) is 0 Å². The molecule has 24 heavy (non-hydrogen) atoms. The first-order valence-corrected chi connectivity index (χ1v) is 8.00. The second-order valence-corrected chi connectivity index (χ2v) is 6.04. The van der Waals surface area contributed by atoms with E-state index in [9.17, 15) is 4.79 Å². The van der Waals surface area contributed by atoms with Crippen LogP contribution in [0.5, 0.6) is 0 Å². The molecule has 0 radical (unpaired) electrons. The van der Waals surface area contributed by atoms with Gasteiger partial charge in [-0.15, -0.1) is 0 Å². The fourth-order valence-corrected chi connectivity index (χ4v) is 2.54. The van der Waals surface area contributed by atoms with Crippen molar-refractivity contribution in [1.29, 1.82) is 0 Å². The molecule has 0 unspecified atom stereocenters. The Labute approximate surface area is 142 Å². The number of aromatic nitrogens is 2. The number of likely N-dealkylation sites (N-methyl/N-ethyl adjacent to an activating group) is 1. The molecule has 0 spiro atoms. The fraction of sp³-hybridized carbons (Fsp3) is 0.200. The number of carbonyl (C=O) groups excluding carboxylic acids is 1. The van der Waals surface area contributed by atoms with Gasteiger partial charge >= 0.3 is 0 Å². The van der Waals surface area contributed by atoms with Gasteiger partial charge < -0.3 is 4.90 Å². The molecule has 1 heterocycles. The molecule has 0 saturated carbocycles. The lowest BCUT2D eigenvalue weighted by molar-refractivity contribution is -0.129. The van der Waals surface area contributed by atoms with Crippen molar-refractivity contribution in [3.8, 4) is 5.69 Å². The number of hydrogen-bond donors (Lipinski definition) is 0. The summed E-state index contributed by atoms with van der Waals surface area (Å²) in [7, 11) is 1.84. The average molecular weight is 319 g/mol. The van der Waals surface area contributed by atoms with Crippen molar-refractivity contribution in [2.45, 2.75) is 19.9 Å². The number of nitrogens with zero attached hydrogens (tertiary/aromatic N) is 3. The van der Waals surface area contributed by atoms with E-state index in [2.05, 4.69) is 36.3 Å². The van der Waals surface area contributed by atoms with Crippen molar-refractivity contribution in [3.05, 3.63) is 83.7 Å². The Morgan fingerprint density at radius 3 is 2.46 bits per heavy atom. The van der Waals surface area contributed by atoms with Gasteiger partial charge in [-0.25, -0.2) is 4.68 Å². The van der Waals surface area contributed by atoms with Gasteiger partial charge in [0.05, 0.1) is 18.3 Å². The minimum Gasteiger partial charge on any atom is -0.341 e. The second-order valence-electron chi connectivity index (χ2n) is 6.04. The van der Waals surface area contributed by atoms with Crippen molar-refractivity contribution >= 4 is 5.91 Å². The zero-order chi connectivity index (χ0) is 16.9. The molecule has 0 N–H and O–H groups in total. The highest BCUT2D eigenvalue weighted by Gasteiger charge is 2.12. The Balaban J connectivity index is 1.62. The Morgan fingerprint density at radius 1 is 1.04 bits per heavy atom. The van der Waals surface area contributed by atoms with Gasteiger partial charge in [-0.1, -0.05) is 48.0 Å². The standard InChI is InChI=1S/C20H21N3O/c1-16-8-10-17(11-9-16)14-22(2)20(24)12-18-13-21-23(15-18)19-6-4-3-5-7-19/h3-11,13,15H,12,14H2,1-2H3. The van der Waals surface area contributed by atoms with Crippen LogP contribution in [-0.4, -0.2) is 27.6 Å². The Bertz CT molecular complexity index is 806. The van der Waals surface area contributed by atoms with Gasteiger partial charge in [-0.2, -0.15) is 5.10 Å². The summed E-state index contributed by atoms with van der Waals surface area (Å²) < 4.78 is 1.79. The molecule has 3 rings (SSSR count). The molecular formula is C20H21N3O. The molecule has 1 aromatic heterocycles. The van der Waals surface area contributed by atoms with E-state index in [1.165, 1.54) is 5.56 Å². The van der Waals surface area contributed by atoms with Crippen molar-refractivity contribution < 1.29 is 4.79 Å². The first-order valence-electron chi connectivity index (χ1n) is 8.00.